The monoisotopic (exact) mass is 411 g/mol. The summed E-state index contributed by atoms with van der Waals surface area (Å²) in [6, 6.07) is 16.4. The Kier molecular flexibility index (Phi) is 6.16. The molecule has 144 valence electrons. The highest BCUT2D eigenvalue weighted by Gasteiger charge is 2.21. The fourth-order valence-electron chi connectivity index (χ4n) is 3.81. The predicted octanol–water partition coefficient (Wildman–Crippen LogP) is 6.42. The van der Waals surface area contributed by atoms with Gasteiger partial charge in [0.1, 0.15) is 0 Å². The Labute approximate surface area is 175 Å². The van der Waals surface area contributed by atoms with Gasteiger partial charge in [-0.05, 0) is 60.2 Å². The molecule has 1 aliphatic rings. The summed E-state index contributed by atoms with van der Waals surface area (Å²) in [5.74, 6) is 0. The average molecular weight is 412 g/mol. The molecule has 2 unspecified atom stereocenters. The molecule has 1 aliphatic carbocycles. The molecule has 2 atom stereocenters. The molecule has 0 saturated carbocycles. The van der Waals surface area contributed by atoms with Crippen LogP contribution in [0.2, 0.25) is 10.0 Å². The highest BCUT2D eigenvalue weighted by atomic mass is 35.5. The number of aromatic amines is 1. The molecule has 0 spiro atoms. The summed E-state index contributed by atoms with van der Waals surface area (Å²) in [7, 11) is 0. The van der Waals surface area contributed by atoms with Gasteiger partial charge in [-0.2, -0.15) is 0 Å². The van der Waals surface area contributed by atoms with Crippen LogP contribution in [0, 0.1) is 0 Å². The van der Waals surface area contributed by atoms with Crippen LogP contribution in [-0.2, 0) is 0 Å². The van der Waals surface area contributed by atoms with E-state index in [-0.39, 0.29) is 12.1 Å². The second-order valence-electron chi connectivity index (χ2n) is 7.21. The van der Waals surface area contributed by atoms with Crippen LogP contribution in [0.15, 0.2) is 67.1 Å². The number of hydrogen-bond acceptors (Lipinski definition) is 2. The number of hydrogen-bond donors (Lipinski definition) is 2. The van der Waals surface area contributed by atoms with Crippen molar-refractivity contribution in [1.29, 1.82) is 0 Å². The number of aromatic nitrogens is 2. The molecule has 4 rings (SSSR count). The normalized spacial score (nSPS) is 18.4. The third-order valence-corrected chi connectivity index (χ3v) is 5.71. The maximum absolute atomic E-state index is 6.22. The van der Waals surface area contributed by atoms with Crippen LogP contribution in [0.5, 0.6) is 0 Å². The maximum Gasteiger partial charge on any atom is 0.0922 e. The number of nitrogens with zero attached hydrogens (tertiary/aromatic N) is 1. The lowest BCUT2D eigenvalue weighted by Gasteiger charge is -2.24. The van der Waals surface area contributed by atoms with Gasteiger partial charge < -0.3 is 4.98 Å². The van der Waals surface area contributed by atoms with E-state index in [0.717, 1.165) is 34.1 Å². The van der Waals surface area contributed by atoms with Crippen LogP contribution in [-0.4, -0.2) is 16.0 Å². The van der Waals surface area contributed by atoms with Gasteiger partial charge in [-0.15, -0.1) is 0 Å². The maximum atomic E-state index is 6.22. The Morgan fingerprint density at radius 2 is 1.89 bits per heavy atom. The number of rotatable bonds is 5. The number of H-pyrrole nitrogens is 1. The first kappa shape index (κ1) is 19.3. The lowest BCUT2D eigenvalue weighted by Crippen LogP contribution is -2.32. The molecule has 3 nitrogen and oxygen atoms in total. The van der Waals surface area contributed by atoms with Gasteiger partial charge >= 0.3 is 0 Å². The molecular weight excluding hydrogens is 389 g/mol. The summed E-state index contributed by atoms with van der Waals surface area (Å²) >= 11 is 12.3. The van der Waals surface area contributed by atoms with Crippen molar-refractivity contribution in [3.63, 3.8) is 0 Å². The number of benzene rings is 2. The third kappa shape index (κ3) is 4.67. The molecule has 0 fully saturated rings. The summed E-state index contributed by atoms with van der Waals surface area (Å²) < 4.78 is 0. The molecule has 3 aromatic rings. The lowest BCUT2D eigenvalue weighted by molar-refractivity contribution is 0.492. The van der Waals surface area contributed by atoms with E-state index in [2.05, 4.69) is 45.6 Å². The van der Waals surface area contributed by atoms with Gasteiger partial charge in [0.15, 0.2) is 0 Å². The zero-order valence-corrected chi connectivity index (χ0v) is 17.0. The van der Waals surface area contributed by atoms with Crippen LogP contribution in [0.4, 0.5) is 0 Å². The van der Waals surface area contributed by atoms with Crippen molar-refractivity contribution in [2.75, 3.05) is 0 Å². The Morgan fingerprint density at radius 1 is 1.04 bits per heavy atom. The van der Waals surface area contributed by atoms with Gasteiger partial charge in [-0.3, -0.25) is 5.32 Å². The molecule has 1 aromatic heterocycles. The van der Waals surface area contributed by atoms with E-state index in [1.807, 2.05) is 30.5 Å². The molecular formula is C23H23Cl2N3. The van der Waals surface area contributed by atoms with Crippen LogP contribution >= 0.6 is 23.2 Å². The molecule has 2 N–H and O–H groups in total. The Bertz CT molecular complexity index is 933. The van der Waals surface area contributed by atoms with Crippen LogP contribution in [0.3, 0.4) is 0 Å². The average Bonchev–Trinajstić information content (AvgIpc) is 3.13. The topological polar surface area (TPSA) is 40.7 Å². The van der Waals surface area contributed by atoms with Gasteiger partial charge in [-0.25, -0.2) is 4.98 Å². The molecule has 0 amide bonds. The number of allylic oxidation sites excluding steroid dienone is 1. The molecule has 0 radical (unpaired) electrons. The minimum atomic E-state index is 0.0275. The van der Waals surface area contributed by atoms with Gasteiger partial charge in [0.2, 0.25) is 0 Å². The third-order valence-electron chi connectivity index (χ3n) is 5.22. The zero-order valence-electron chi connectivity index (χ0n) is 15.5. The standard InChI is InChI=1S/C23H23Cl2N3/c24-19-10-8-16(9-11-19)23(22-14-26-15-27-22)28-21-7-2-1-4-18(13-21)17-5-3-6-20(25)12-17/h3,5-6,8-15,21,23,28H,1-2,4,7H2,(H,26,27). The van der Waals surface area contributed by atoms with E-state index in [0.29, 0.717) is 0 Å². The Hall–Kier alpha value is -2.07. The first-order chi connectivity index (χ1) is 13.7. The molecule has 5 heteroatoms. The van der Waals surface area contributed by atoms with E-state index in [9.17, 15) is 0 Å². The molecule has 0 bridgehead atoms. The summed E-state index contributed by atoms with van der Waals surface area (Å²) in [5.41, 5.74) is 4.78. The summed E-state index contributed by atoms with van der Waals surface area (Å²) in [6.07, 6.45) is 10.5. The first-order valence-corrected chi connectivity index (χ1v) is 10.4. The fourth-order valence-corrected chi connectivity index (χ4v) is 4.13. The van der Waals surface area contributed by atoms with Crippen LogP contribution in [0.1, 0.15) is 48.5 Å². The smallest absolute Gasteiger partial charge is 0.0922 e. The van der Waals surface area contributed by atoms with Crippen molar-refractivity contribution in [3.8, 4) is 0 Å². The quantitative estimate of drug-likeness (QED) is 0.508. The predicted molar refractivity (Wildman–Crippen MR) is 117 cm³/mol. The lowest BCUT2D eigenvalue weighted by atomic mass is 9.99. The molecule has 28 heavy (non-hydrogen) atoms. The van der Waals surface area contributed by atoms with Crippen LogP contribution in [0.25, 0.3) is 5.57 Å². The van der Waals surface area contributed by atoms with Crippen LogP contribution < -0.4 is 5.32 Å². The second kappa shape index (κ2) is 8.95. The van der Waals surface area contributed by atoms with Crippen molar-refractivity contribution in [1.82, 2.24) is 15.3 Å². The van der Waals surface area contributed by atoms with Gasteiger partial charge in [-0.1, -0.05) is 60.0 Å². The zero-order chi connectivity index (χ0) is 19.3. The summed E-state index contributed by atoms with van der Waals surface area (Å²) in [6.45, 7) is 0. The van der Waals surface area contributed by atoms with Gasteiger partial charge in [0.05, 0.1) is 18.1 Å². The molecule has 1 heterocycles. The van der Waals surface area contributed by atoms with Crippen molar-refractivity contribution in [2.24, 2.45) is 0 Å². The summed E-state index contributed by atoms with van der Waals surface area (Å²) in [5, 5.41) is 5.35. The molecule has 0 saturated heterocycles. The molecule has 2 aromatic carbocycles. The van der Waals surface area contributed by atoms with Gasteiger partial charge in [0.25, 0.3) is 0 Å². The Morgan fingerprint density at radius 3 is 2.64 bits per heavy atom. The van der Waals surface area contributed by atoms with E-state index in [1.165, 1.54) is 24.0 Å². The SMILES string of the molecule is Clc1ccc(C(NC2C=C(c3cccc(Cl)c3)CCCC2)c2cnc[nH]2)cc1. The van der Waals surface area contributed by atoms with Gasteiger partial charge in [0, 0.05) is 22.3 Å². The summed E-state index contributed by atoms with van der Waals surface area (Å²) in [4.78, 5) is 7.48. The highest BCUT2D eigenvalue weighted by molar-refractivity contribution is 6.31. The minimum Gasteiger partial charge on any atom is -0.347 e. The van der Waals surface area contributed by atoms with Crippen molar-refractivity contribution in [2.45, 2.75) is 37.8 Å². The number of nitrogens with one attached hydrogen (secondary N) is 2. The largest absolute Gasteiger partial charge is 0.347 e. The van der Waals surface area contributed by atoms with Crippen molar-refractivity contribution in [3.05, 3.63) is 94.0 Å². The molecule has 0 aliphatic heterocycles. The Balaban J connectivity index is 1.63. The van der Waals surface area contributed by atoms with Crippen molar-refractivity contribution < 1.29 is 0 Å². The van der Waals surface area contributed by atoms with Crippen molar-refractivity contribution >= 4 is 28.8 Å². The number of halogens is 2. The first-order valence-electron chi connectivity index (χ1n) is 9.65. The van der Waals surface area contributed by atoms with E-state index >= 15 is 0 Å². The van der Waals surface area contributed by atoms with E-state index in [1.54, 1.807) is 6.33 Å². The minimum absolute atomic E-state index is 0.0275. The highest BCUT2D eigenvalue weighted by Crippen LogP contribution is 2.30. The van der Waals surface area contributed by atoms with E-state index < -0.39 is 0 Å². The van der Waals surface area contributed by atoms with E-state index in [4.69, 9.17) is 23.2 Å². The number of imidazole rings is 1. The second-order valence-corrected chi connectivity index (χ2v) is 8.09. The fraction of sp³-hybridized carbons (Fsp3) is 0.261.